The van der Waals surface area contributed by atoms with E-state index in [2.05, 4.69) is 21.9 Å². The normalized spacial score (nSPS) is 11.3. The number of hydrogen-bond donors (Lipinski definition) is 2. The number of nitrogens with zero attached hydrogens (tertiary/aromatic N) is 2. The lowest BCUT2D eigenvalue weighted by atomic mass is 10.1. The molecule has 6 nitrogen and oxygen atoms in total. The Bertz CT molecular complexity index is 668. The second-order valence-corrected chi connectivity index (χ2v) is 5.49. The molecule has 0 amide bonds. The van der Waals surface area contributed by atoms with Crippen LogP contribution in [0.15, 0.2) is 15.9 Å². The highest BCUT2D eigenvalue weighted by molar-refractivity contribution is 5.67. The second kappa shape index (κ2) is 7.81. The van der Waals surface area contributed by atoms with Crippen molar-refractivity contribution in [1.29, 1.82) is 0 Å². The summed E-state index contributed by atoms with van der Waals surface area (Å²) in [5.74, 6) is 0. The van der Waals surface area contributed by atoms with Crippen molar-refractivity contribution in [2.24, 2.45) is 0 Å². The summed E-state index contributed by atoms with van der Waals surface area (Å²) in [4.78, 5) is 33.3. The van der Waals surface area contributed by atoms with Crippen LogP contribution in [0.4, 0.5) is 0 Å². The van der Waals surface area contributed by atoms with E-state index < -0.39 is 0 Å². The molecule has 2 aromatic rings. The summed E-state index contributed by atoms with van der Waals surface area (Å²) in [5, 5.41) is 0. The smallest absolute Gasteiger partial charge is 0.330 e. The van der Waals surface area contributed by atoms with Gasteiger partial charge in [0.1, 0.15) is 5.52 Å². The maximum absolute atomic E-state index is 12.1. The van der Waals surface area contributed by atoms with Crippen molar-refractivity contribution in [2.75, 3.05) is 0 Å². The van der Waals surface area contributed by atoms with Gasteiger partial charge in [-0.2, -0.15) is 0 Å². The van der Waals surface area contributed by atoms with Crippen LogP contribution in [0.3, 0.4) is 0 Å². The van der Waals surface area contributed by atoms with E-state index in [9.17, 15) is 9.59 Å². The van der Waals surface area contributed by atoms with Gasteiger partial charge in [-0.05, 0) is 6.42 Å². The van der Waals surface area contributed by atoms with Crippen LogP contribution in [0, 0.1) is 0 Å². The Morgan fingerprint density at radius 3 is 2.43 bits per heavy atom. The molecule has 0 bridgehead atoms. The Morgan fingerprint density at radius 1 is 1.05 bits per heavy atom. The van der Waals surface area contributed by atoms with Gasteiger partial charge in [-0.25, -0.2) is 9.78 Å². The van der Waals surface area contributed by atoms with Gasteiger partial charge < -0.3 is 4.98 Å². The minimum atomic E-state index is -0.373. The molecule has 2 N–H and O–H groups in total. The van der Waals surface area contributed by atoms with Gasteiger partial charge in [0.05, 0.1) is 6.33 Å². The first-order valence-corrected chi connectivity index (χ1v) is 7.90. The SMILES string of the molecule is CCCCCCCCCCn1c(=O)[nH]c2nc[nH]c2c1=O. The number of fused-ring (bicyclic) bond motifs is 1. The molecule has 2 heterocycles. The van der Waals surface area contributed by atoms with Gasteiger partial charge >= 0.3 is 5.69 Å². The maximum atomic E-state index is 12.1. The van der Waals surface area contributed by atoms with E-state index >= 15 is 0 Å². The Balaban J connectivity index is 1.81. The van der Waals surface area contributed by atoms with Gasteiger partial charge in [0.2, 0.25) is 0 Å². The summed E-state index contributed by atoms with van der Waals surface area (Å²) in [6.45, 7) is 2.68. The summed E-state index contributed by atoms with van der Waals surface area (Å²) in [7, 11) is 0. The van der Waals surface area contributed by atoms with Gasteiger partial charge in [-0.15, -0.1) is 0 Å². The van der Waals surface area contributed by atoms with Crippen molar-refractivity contribution in [3.05, 3.63) is 27.2 Å². The summed E-state index contributed by atoms with van der Waals surface area (Å²) in [6.07, 6.45) is 10.9. The van der Waals surface area contributed by atoms with Crippen LogP contribution < -0.4 is 11.2 Å². The molecule has 2 rings (SSSR count). The third-order valence-corrected chi connectivity index (χ3v) is 3.80. The predicted molar refractivity (Wildman–Crippen MR) is 83.6 cm³/mol. The molecule has 0 saturated carbocycles. The molecule has 21 heavy (non-hydrogen) atoms. The van der Waals surface area contributed by atoms with Crippen molar-refractivity contribution in [1.82, 2.24) is 19.5 Å². The fourth-order valence-electron chi connectivity index (χ4n) is 2.55. The van der Waals surface area contributed by atoms with Gasteiger partial charge in [0.15, 0.2) is 5.65 Å². The van der Waals surface area contributed by atoms with Gasteiger partial charge in [-0.1, -0.05) is 51.9 Å². The largest absolute Gasteiger partial charge is 0.339 e. The molecule has 0 unspecified atom stereocenters. The third kappa shape index (κ3) is 4.06. The average Bonchev–Trinajstić information content (AvgIpc) is 2.93. The van der Waals surface area contributed by atoms with E-state index in [4.69, 9.17) is 0 Å². The summed E-state index contributed by atoms with van der Waals surface area (Å²) in [5.41, 5.74) is 0.0445. The minimum Gasteiger partial charge on any atom is -0.339 e. The van der Waals surface area contributed by atoms with E-state index in [0.717, 1.165) is 12.8 Å². The van der Waals surface area contributed by atoms with Gasteiger partial charge in [0.25, 0.3) is 5.56 Å². The average molecular weight is 292 g/mol. The van der Waals surface area contributed by atoms with E-state index in [1.54, 1.807) is 0 Å². The molecule has 0 aliphatic rings. The monoisotopic (exact) mass is 292 g/mol. The lowest BCUT2D eigenvalue weighted by molar-refractivity contribution is 0.528. The van der Waals surface area contributed by atoms with E-state index in [-0.39, 0.29) is 11.2 Å². The number of unbranched alkanes of at least 4 members (excludes halogenated alkanes) is 7. The van der Waals surface area contributed by atoms with Crippen molar-refractivity contribution in [3.63, 3.8) is 0 Å². The molecule has 2 aromatic heterocycles. The lowest BCUT2D eigenvalue weighted by Crippen LogP contribution is -2.35. The highest BCUT2D eigenvalue weighted by Crippen LogP contribution is 2.08. The zero-order valence-electron chi connectivity index (χ0n) is 12.7. The summed E-state index contributed by atoms with van der Waals surface area (Å²) >= 11 is 0. The fourth-order valence-corrected chi connectivity index (χ4v) is 2.55. The zero-order chi connectivity index (χ0) is 15.1. The number of hydrogen-bond acceptors (Lipinski definition) is 3. The van der Waals surface area contributed by atoms with Crippen LogP contribution in [-0.2, 0) is 6.54 Å². The topological polar surface area (TPSA) is 83.5 Å². The summed E-state index contributed by atoms with van der Waals surface area (Å²) < 4.78 is 1.26. The van der Waals surface area contributed by atoms with Gasteiger partial charge in [-0.3, -0.25) is 14.3 Å². The maximum Gasteiger partial charge on any atom is 0.330 e. The third-order valence-electron chi connectivity index (χ3n) is 3.80. The number of H-pyrrole nitrogens is 2. The van der Waals surface area contributed by atoms with Gasteiger partial charge in [0, 0.05) is 6.54 Å². The van der Waals surface area contributed by atoms with Crippen LogP contribution in [0.1, 0.15) is 58.3 Å². The molecule has 6 heteroatoms. The number of aromatic nitrogens is 4. The highest BCUT2D eigenvalue weighted by atomic mass is 16.2. The lowest BCUT2D eigenvalue weighted by Gasteiger charge is -2.04. The number of aromatic amines is 2. The van der Waals surface area contributed by atoms with Crippen molar-refractivity contribution >= 4 is 11.2 Å². The Morgan fingerprint density at radius 2 is 1.71 bits per heavy atom. The molecular formula is C15H24N4O2. The Kier molecular flexibility index (Phi) is 5.78. The molecule has 0 fully saturated rings. The van der Waals surface area contributed by atoms with E-state index in [1.165, 1.54) is 49.4 Å². The first-order chi connectivity index (χ1) is 10.2. The Labute approximate surface area is 123 Å². The Hall–Kier alpha value is -1.85. The molecule has 0 saturated heterocycles. The fraction of sp³-hybridized carbons (Fsp3) is 0.667. The van der Waals surface area contributed by atoms with Crippen LogP contribution >= 0.6 is 0 Å². The van der Waals surface area contributed by atoms with Crippen LogP contribution in [0.2, 0.25) is 0 Å². The molecule has 0 radical (unpaired) electrons. The minimum absolute atomic E-state index is 0.283. The van der Waals surface area contributed by atoms with Crippen molar-refractivity contribution < 1.29 is 0 Å². The van der Waals surface area contributed by atoms with E-state index in [0.29, 0.717) is 17.7 Å². The van der Waals surface area contributed by atoms with Crippen LogP contribution in [-0.4, -0.2) is 19.5 Å². The quantitative estimate of drug-likeness (QED) is 0.697. The molecule has 116 valence electrons. The predicted octanol–water partition coefficient (Wildman–Crippen LogP) is 2.55. The van der Waals surface area contributed by atoms with Crippen LogP contribution in [0.25, 0.3) is 11.2 Å². The van der Waals surface area contributed by atoms with Crippen LogP contribution in [0.5, 0.6) is 0 Å². The molecule has 0 aromatic carbocycles. The number of rotatable bonds is 9. The molecular weight excluding hydrogens is 268 g/mol. The first-order valence-electron chi connectivity index (χ1n) is 7.90. The first kappa shape index (κ1) is 15.5. The van der Waals surface area contributed by atoms with Crippen molar-refractivity contribution in [2.45, 2.75) is 64.8 Å². The molecule has 0 atom stereocenters. The highest BCUT2D eigenvalue weighted by Gasteiger charge is 2.08. The molecule has 0 aliphatic heterocycles. The summed E-state index contributed by atoms with van der Waals surface area (Å²) in [6, 6.07) is 0. The van der Waals surface area contributed by atoms with E-state index in [1.807, 2.05) is 0 Å². The standard InChI is InChI=1S/C15H24N4O2/c1-2-3-4-5-6-7-8-9-10-19-14(20)12-13(17-11-16-12)18-15(19)21/h11H,2-10H2,1H3,(H,16,17)(H,18,21). The number of imidazole rings is 1. The zero-order valence-corrected chi connectivity index (χ0v) is 12.7. The number of nitrogens with one attached hydrogen (secondary N) is 2. The second-order valence-electron chi connectivity index (χ2n) is 5.49. The molecule has 0 aliphatic carbocycles. The van der Waals surface area contributed by atoms with Crippen molar-refractivity contribution in [3.8, 4) is 0 Å². The molecule has 0 spiro atoms.